The van der Waals surface area contributed by atoms with Crippen molar-refractivity contribution in [3.05, 3.63) is 16.1 Å². The van der Waals surface area contributed by atoms with Crippen molar-refractivity contribution in [1.29, 1.82) is 0 Å². The number of hydrogen-bond acceptors (Lipinski definition) is 3. The Hall–Kier alpha value is -1.14. The number of terminal acetylenes is 1. The van der Waals surface area contributed by atoms with E-state index >= 15 is 0 Å². The highest BCUT2D eigenvalue weighted by Crippen LogP contribution is 2.04. The number of hydrogen-bond donors (Lipinski definition) is 0. The zero-order chi connectivity index (χ0) is 6.69. The highest BCUT2D eigenvalue weighted by atomic mass is 32.1. The summed E-state index contributed by atoms with van der Waals surface area (Å²) in [5.41, 5.74) is 0.530. The Morgan fingerprint density at radius 1 is 1.89 bits per heavy atom. The van der Waals surface area contributed by atoms with Crippen molar-refractivity contribution in [1.82, 2.24) is 4.98 Å². The van der Waals surface area contributed by atoms with E-state index in [2.05, 4.69) is 10.9 Å². The molecule has 0 saturated heterocycles. The van der Waals surface area contributed by atoms with Crippen LogP contribution in [0.15, 0.2) is 5.38 Å². The molecule has 0 bridgehead atoms. The van der Waals surface area contributed by atoms with E-state index in [-0.39, 0.29) is 0 Å². The van der Waals surface area contributed by atoms with Crippen LogP contribution in [0.1, 0.15) is 15.5 Å². The molecule has 0 aliphatic carbocycles. The van der Waals surface area contributed by atoms with E-state index in [1.165, 1.54) is 11.3 Å². The molecule has 0 radical (unpaired) electrons. The fourth-order valence-electron chi connectivity index (χ4n) is 0.408. The SMILES string of the molecule is C#Cc1csc(C=O)n1. The minimum Gasteiger partial charge on any atom is -0.295 e. The molecule has 0 aliphatic rings. The molecule has 1 heterocycles. The minimum absolute atomic E-state index is 0.433. The standard InChI is InChI=1S/C6H3NOS/c1-2-5-4-9-6(3-8)7-5/h1,3-4H. The van der Waals surface area contributed by atoms with Crippen LogP contribution in [0.25, 0.3) is 0 Å². The average molecular weight is 137 g/mol. The maximum Gasteiger partial charge on any atom is 0.178 e. The van der Waals surface area contributed by atoms with Gasteiger partial charge in [-0.15, -0.1) is 17.8 Å². The number of thiazole rings is 1. The molecule has 0 N–H and O–H groups in total. The van der Waals surface area contributed by atoms with E-state index in [4.69, 9.17) is 6.42 Å². The zero-order valence-electron chi connectivity index (χ0n) is 4.50. The molecule has 3 heteroatoms. The van der Waals surface area contributed by atoms with Crippen molar-refractivity contribution in [3.63, 3.8) is 0 Å². The van der Waals surface area contributed by atoms with Gasteiger partial charge in [0.2, 0.25) is 0 Å². The van der Waals surface area contributed by atoms with Crippen molar-refractivity contribution in [2.24, 2.45) is 0 Å². The lowest BCUT2D eigenvalue weighted by atomic mass is 10.5. The summed E-state index contributed by atoms with van der Waals surface area (Å²) < 4.78 is 0. The largest absolute Gasteiger partial charge is 0.295 e. The predicted octanol–water partition coefficient (Wildman–Crippen LogP) is 0.937. The van der Waals surface area contributed by atoms with Crippen LogP contribution in [0.5, 0.6) is 0 Å². The second-order valence-electron chi connectivity index (χ2n) is 1.33. The summed E-state index contributed by atoms with van der Waals surface area (Å²) in [7, 11) is 0. The number of carbonyl (C=O) groups is 1. The van der Waals surface area contributed by atoms with Gasteiger partial charge < -0.3 is 0 Å². The van der Waals surface area contributed by atoms with Crippen LogP contribution in [0.3, 0.4) is 0 Å². The van der Waals surface area contributed by atoms with Crippen molar-refractivity contribution >= 4 is 17.6 Å². The van der Waals surface area contributed by atoms with Gasteiger partial charge in [-0.1, -0.05) is 0 Å². The molecule has 1 aromatic rings. The summed E-state index contributed by atoms with van der Waals surface area (Å²) in [4.78, 5) is 13.8. The second-order valence-corrected chi connectivity index (χ2v) is 2.22. The summed E-state index contributed by atoms with van der Waals surface area (Å²) in [6.45, 7) is 0. The Morgan fingerprint density at radius 2 is 2.67 bits per heavy atom. The van der Waals surface area contributed by atoms with Crippen LogP contribution < -0.4 is 0 Å². The molecule has 0 aliphatic heterocycles. The first-order valence-electron chi connectivity index (χ1n) is 2.24. The van der Waals surface area contributed by atoms with Gasteiger partial charge in [0.1, 0.15) is 5.69 Å². The van der Waals surface area contributed by atoms with Gasteiger partial charge in [0.15, 0.2) is 11.3 Å². The lowest BCUT2D eigenvalue weighted by Crippen LogP contribution is -1.76. The molecule has 0 unspecified atom stereocenters. The maximum atomic E-state index is 10.0. The molecule has 0 amide bonds. The number of rotatable bonds is 1. The van der Waals surface area contributed by atoms with E-state index in [0.717, 1.165) is 0 Å². The average Bonchev–Trinajstić information content (AvgIpc) is 2.34. The number of carbonyl (C=O) groups excluding carboxylic acids is 1. The normalized spacial score (nSPS) is 8.33. The highest BCUT2D eigenvalue weighted by Gasteiger charge is 1.94. The summed E-state index contributed by atoms with van der Waals surface area (Å²) in [5, 5.41) is 2.10. The third-order valence-corrected chi connectivity index (χ3v) is 1.54. The quantitative estimate of drug-likeness (QED) is 0.426. The van der Waals surface area contributed by atoms with E-state index < -0.39 is 0 Å². The summed E-state index contributed by atoms with van der Waals surface area (Å²) in [5.74, 6) is 2.32. The Bertz CT molecular complexity index is 258. The molecule has 1 rings (SSSR count). The number of aromatic nitrogens is 1. The molecule has 9 heavy (non-hydrogen) atoms. The van der Waals surface area contributed by atoms with Crippen molar-refractivity contribution in [2.75, 3.05) is 0 Å². The number of nitrogens with zero attached hydrogens (tertiary/aromatic N) is 1. The van der Waals surface area contributed by atoms with Crippen molar-refractivity contribution in [3.8, 4) is 12.3 Å². The Balaban J connectivity index is 3.03. The third kappa shape index (κ3) is 1.15. The van der Waals surface area contributed by atoms with Gasteiger partial charge in [-0.25, -0.2) is 4.98 Å². The van der Waals surface area contributed by atoms with Gasteiger partial charge in [0.25, 0.3) is 0 Å². The van der Waals surface area contributed by atoms with E-state index in [1.807, 2.05) is 0 Å². The van der Waals surface area contributed by atoms with E-state index in [1.54, 1.807) is 5.38 Å². The van der Waals surface area contributed by atoms with Gasteiger partial charge in [0.05, 0.1) is 0 Å². The molecule has 2 nitrogen and oxygen atoms in total. The minimum atomic E-state index is 0.433. The molecule has 0 spiro atoms. The first-order chi connectivity index (χ1) is 4.36. The van der Waals surface area contributed by atoms with Crippen LogP contribution in [-0.4, -0.2) is 11.3 Å². The van der Waals surface area contributed by atoms with E-state index in [9.17, 15) is 4.79 Å². The smallest absolute Gasteiger partial charge is 0.178 e. The molecule has 0 saturated carbocycles. The van der Waals surface area contributed by atoms with Gasteiger partial charge in [-0.05, 0) is 5.92 Å². The van der Waals surface area contributed by atoms with Crippen LogP contribution in [0.4, 0.5) is 0 Å². The third-order valence-electron chi connectivity index (χ3n) is 0.771. The van der Waals surface area contributed by atoms with E-state index in [0.29, 0.717) is 17.0 Å². The Labute approximate surface area is 56.5 Å². The fourth-order valence-corrected chi connectivity index (χ4v) is 0.968. The first kappa shape index (κ1) is 5.99. The molecule has 1 aromatic heterocycles. The van der Waals surface area contributed by atoms with Crippen LogP contribution >= 0.6 is 11.3 Å². The zero-order valence-corrected chi connectivity index (χ0v) is 5.31. The van der Waals surface area contributed by atoms with Gasteiger partial charge in [-0.2, -0.15) is 0 Å². The van der Waals surface area contributed by atoms with Gasteiger partial charge >= 0.3 is 0 Å². The number of aldehydes is 1. The highest BCUT2D eigenvalue weighted by molar-refractivity contribution is 7.11. The lowest BCUT2D eigenvalue weighted by molar-refractivity contribution is 0.112. The monoisotopic (exact) mass is 137 g/mol. The summed E-state index contributed by atoms with van der Waals surface area (Å²) in [6, 6.07) is 0. The van der Waals surface area contributed by atoms with Crippen LogP contribution in [0.2, 0.25) is 0 Å². The molecule has 0 aromatic carbocycles. The second kappa shape index (κ2) is 2.42. The Kier molecular flexibility index (Phi) is 1.61. The first-order valence-corrected chi connectivity index (χ1v) is 3.12. The van der Waals surface area contributed by atoms with Gasteiger partial charge in [0, 0.05) is 5.38 Å². The topological polar surface area (TPSA) is 30.0 Å². The van der Waals surface area contributed by atoms with Crippen molar-refractivity contribution in [2.45, 2.75) is 0 Å². The summed E-state index contributed by atoms with van der Waals surface area (Å²) in [6.07, 6.45) is 5.68. The lowest BCUT2D eigenvalue weighted by Gasteiger charge is -1.70. The van der Waals surface area contributed by atoms with Gasteiger partial charge in [-0.3, -0.25) is 4.79 Å². The summed E-state index contributed by atoms with van der Waals surface area (Å²) >= 11 is 1.25. The molecule has 44 valence electrons. The maximum absolute atomic E-state index is 10.0. The molecular formula is C6H3NOS. The van der Waals surface area contributed by atoms with Crippen molar-refractivity contribution < 1.29 is 4.79 Å². The molecular weight excluding hydrogens is 134 g/mol. The molecule has 0 atom stereocenters. The fraction of sp³-hybridized carbons (Fsp3) is 0. The van der Waals surface area contributed by atoms with Crippen LogP contribution in [0, 0.1) is 12.3 Å². The molecule has 0 fully saturated rings. The Morgan fingerprint density at radius 3 is 3.00 bits per heavy atom. The predicted molar refractivity (Wildman–Crippen MR) is 35.4 cm³/mol. The van der Waals surface area contributed by atoms with Crippen LogP contribution in [-0.2, 0) is 0 Å².